The van der Waals surface area contributed by atoms with E-state index in [1.807, 2.05) is 41.5 Å². The molecule has 1 rings (SSSR count). The van der Waals surface area contributed by atoms with Crippen molar-refractivity contribution in [3.63, 3.8) is 0 Å². The fourth-order valence-electron chi connectivity index (χ4n) is 2.13. The van der Waals surface area contributed by atoms with Gasteiger partial charge in [-0.05, 0) is 53.4 Å². The van der Waals surface area contributed by atoms with Crippen molar-refractivity contribution in [2.75, 3.05) is 6.61 Å². The summed E-state index contributed by atoms with van der Waals surface area (Å²) in [6.45, 7) is 11.8. The summed E-state index contributed by atoms with van der Waals surface area (Å²) < 4.78 is 10.3. The molecule has 0 unspecified atom stereocenters. The first kappa shape index (κ1) is 19.7. The van der Waals surface area contributed by atoms with Crippen LogP contribution in [0.25, 0.3) is 0 Å². The Labute approximate surface area is 128 Å². The zero-order valence-corrected chi connectivity index (χ0v) is 14.3. The first-order valence-electron chi connectivity index (χ1n) is 7.91. The van der Waals surface area contributed by atoms with Crippen LogP contribution in [0.3, 0.4) is 0 Å². The highest BCUT2D eigenvalue weighted by Crippen LogP contribution is 2.29. The molecule has 0 amide bonds. The smallest absolute Gasteiger partial charge is 0.331 e. The Bertz CT molecular complexity index is 353. The third-order valence-electron chi connectivity index (χ3n) is 2.98. The van der Waals surface area contributed by atoms with Crippen molar-refractivity contribution in [1.29, 1.82) is 0 Å². The van der Waals surface area contributed by atoms with Gasteiger partial charge in [-0.15, -0.1) is 0 Å². The lowest BCUT2D eigenvalue weighted by atomic mass is 9.86. The Hall–Kier alpha value is -1.32. The Balaban J connectivity index is 0.00000191. The number of ether oxygens (including phenoxy) is 2. The number of rotatable bonds is 3. The summed E-state index contributed by atoms with van der Waals surface area (Å²) in [5.41, 5.74) is 0.603. The summed E-state index contributed by atoms with van der Waals surface area (Å²) in [6, 6.07) is 0. The van der Waals surface area contributed by atoms with E-state index in [4.69, 9.17) is 9.47 Å². The summed E-state index contributed by atoms with van der Waals surface area (Å²) in [5, 5.41) is 0. The van der Waals surface area contributed by atoms with E-state index >= 15 is 0 Å². The molecule has 0 atom stereocenters. The van der Waals surface area contributed by atoms with E-state index < -0.39 is 5.60 Å². The number of esters is 2. The topological polar surface area (TPSA) is 52.6 Å². The van der Waals surface area contributed by atoms with Gasteiger partial charge in [0.15, 0.2) is 0 Å². The first-order valence-corrected chi connectivity index (χ1v) is 7.91. The lowest BCUT2D eigenvalue weighted by molar-refractivity contribution is -0.149. The lowest BCUT2D eigenvalue weighted by Gasteiger charge is -2.23. The number of hydrogen-bond donors (Lipinski definition) is 0. The molecule has 0 bridgehead atoms. The monoisotopic (exact) mass is 298 g/mol. The summed E-state index contributed by atoms with van der Waals surface area (Å²) in [7, 11) is 0. The maximum absolute atomic E-state index is 11.7. The molecule has 0 aliphatic heterocycles. The summed E-state index contributed by atoms with van der Waals surface area (Å²) >= 11 is 0. The molecular formula is C17H30O4. The molecule has 0 heterocycles. The van der Waals surface area contributed by atoms with Gasteiger partial charge in [0.05, 0.1) is 12.5 Å². The highest BCUT2D eigenvalue weighted by atomic mass is 16.6. The van der Waals surface area contributed by atoms with Gasteiger partial charge < -0.3 is 9.47 Å². The van der Waals surface area contributed by atoms with Crippen LogP contribution in [0.15, 0.2) is 11.6 Å². The maximum Gasteiger partial charge on any atom is 0.331 e. The third kappa shape index (κ3) is 8.53. The number of allylic oxidation sites excluding steroid dienone is 1. The van der Waals surface area contributed by atoms with Gasteiger partial charge in [0.25, 0.3) is 0 Å². The lowest BCUT2D eigenvalue weighted by Crippen LogP contribution is -2.24. The van der Waals surface area contributed by atoms with Gasteiger partial charge in [0, 0.05) is 6.08 Å². The quantitative estimate of drug-likeness (QED) is 0.583. The van der Waals surface area contributed by atoms with Crippen LogP contribution in [0.4, 0.5) is 0 Å². The molecule has 0 radical (unpaired) electrons. The molecule has 0 aromatic carbocycles. The van der Waals surface area contributed by atoms with Crippen LogP contribution in [-0.2, 0) is 19.1 Å². The molecule has 0 aromatic rings. The highest BCUT2D eigenvalue weighted by Gasteiger charge is 2.25. The zero-order chi connectivity index (χ0) is 16.5. The fraction of sp³-hybridized carbons (Fsp3) is 0.765. The molecule has 122 valence electrons. The van der Waals surface area contributed by atoms with Crippen molar-refractivity contribution in [1.82, 2.24) is 0 Å². The Morgan fingerprint density at radius 1 is 1.19 bits per heavy atom. The predicted octanol–water partition coefficient (Wildman–Crippen LogP) is 4.03. The van der Waals surface area contributed by atoms with Crippen LogP contribution in [0, 0.1) is 5.92 Å². The average Bonchev–Trinajstić information content (AvgIpc) is 2.40. The van der Waals surface area contributed by atoms with Gasteiger partial charge in [-0.1, -0.05) is 19.4 Å². The van der Waals surface area contributed by atoms with Gasteiger partial charge in [0.2, 0.25) is 0 Å². The molecule has 1 fully saturated rings. The van der Waals surface area contributed by atoms with E-state index in [1.54, 1.807) is 6.08 Å². The van der Waals surface area contributed by atoms with E-state index in [-0.39, 0.29) is 17.9 Å². The summed E-state index contributed by atoms with van der Waals surface area (Å²) in [6.07, 6.45) is 4.62. The molecule has 0 aromatic heterocycles. The van der Waals surface area contributed by atoms with Crippen molar-refractivity contribution < 1.29 is 19.1 Å². The highest BCUT2D eigenvalue weighted by molar-refractivity contribution is 5.83. The number of carbonyl (C=O) groups is 2. The molecule has 1 saturated carbocycles. The molecule has 0 spiro atoms. The number of hydrogen-bond acceptors (Lipinski definition) is 4. The van der Waals surface area contributed by atoms with E-state index in [9.17, 15) is 9.59 Å². The van der Waals surface area contributed by atoms with Gasteiger partial charge >= 0.3 is 11.9 Å². The summed E-state index contributed by atoms with van der Waals surface area (Å²) in [4.78, 5) is 23.2. The minimum atomic E-state index is -0.462. The predicted molar refractivity (Wildman–Crippen MR) is 83.9 cm³/mol. The molecule has 21 heavy (non-hydrogen) atoms. The molecule has 0 N–H and O–H groups in total. The minimum absolute atomic E-state index is 0.0178. The minimum Gasteiger partial charge on any atom is -0.466 e. The SMILES string of the molecule is CC.CCOC(=O)C1CCC(=CC(=O)OC(C)(C)C)CC1. The Morgan fingerprint density at radius 3 is 2.14 bits per heavy atom. The fourth-order valence-corrected chi connectivity index (χ4v) is 2.13. The van der Waals surface area contributed by atoms with Crippen LogP contribution in [0.2, 0.25) is 0 Å². The van der Waals surface area contributed by atoms with Crippen molar-refractivity contribution in [2.24, 2.45) is 5.92 Å². The van der Waals surface area contributed by atoms with Gasteiger partial charge in [-0.2, -0.15) is 0 Å². The molecule has 4 heteroatoms. The van der Waals surface area contributed by atoms with E-state index in [0.717, 1.165) is 31.3 Å². The largest absolute Gasteiger partial charge is 0.466 e. The normalized spacial score (nSPS) is 18.2. The molecular weight excluding hydrogens is 268 g/mol. The van der Waals surface area contributed by atoms with Crippen LogP contribution in [-0.4, -0.2) is 24.1 Å². The van der Waals surface area contributed by atoms with E-state index in [2.05, 4.69) is 0 Å². The van der Waals surface area contributed by atoms with E-state index in [0.29, 0.717) is 6.61 Å². The molecule has 4 nitrogen and oxygen atoms in total. The number of carbonyl (C=O) groups excluding carboxylic acids is 2. The van der Waals surface area contributed by atoms with Crippen LogP contribution in [0.5, 0.6) is 0 Å². The third-order valence-corrected chi connectivity index (χ3v) is 2.98. The van der Waals surface area contributed by atoms with Crippen LogP contribution < -0.4 is 0 Å². The van der Waals surface area contributed by atoms with Crippen LogP contribution >= 0.6 is 0 Å². The maximum atomic E-state index is 11.7. The molecule has 1 aliphatic rings. The van der Waals surface area contributed by atoms with Crippen molar-refractivity contribution in [3.05, 3.63) is 11.6 Å². The average molecular weight is 298 g/mol. The van der Waals surface area contributed by atoms with E-state index in [1.165, 1.54) is 0 Å². The van der Waals surface area contributed by atoms with Crippen molar-refractivity contribution >= 4 is 11.9 Å². The zero-order valence-electron chi connectivity index (χ0n) is 14.3. The summed E-state index contributed by atoms with van der Waals surface area (Å²) in [5.74, 6) is -0.424. The Kier molecular flexibility index (Phi) is 8.98. The first-order chi connectivity index (χ1) is 9.81. The second-order valence-electron chi connectivity index (χ2n) is 5.86. The molecule has 1 aliphatic carbocycles. The van der Waals surface area contributed by atoms with Crippen molar-refractivity contribution in [2.45, 2.75) is 72.8 Å². The molecule has 0 saturated heterocycles. The second kappa shape index (κ2) is 9.59. The standard InChI is InChI=1S/C15H24O4.C2H6/c1-5-18-14(17)12-8-6-11(7-9-12)10-13(16)19-15(2,3)4;1-2/h10,12H,5-9H2,1-4H3;1-2H3. The van der Waals surface area contributed by atoms with Gasteiger partial charge in [-0.3, -0.25) is 4.79 Å². The van der Waals surface area contributed by atoms with Gasteiger partial charge in [0.1, 0.15) is 5.60 Å². The second-order valence-corrected chi connectivity index (χ2v) is 5.86. The van der Waals surface area contributed by atoms with Crippen LogP contribution in [0.1, 0.15) is 67.2 Å². The Morgan fingerprint density at radius 2 is 1.71 bits per heavy atom. The van der Waals surface area contributed by atoms with Crippen molar-refractivity contribution in [3.8, 4) is 0 Å². The van der Waals surface area contributed by atoms with Gasteiger partial charge in [-0.25, -0.2) is 4.79 Å².